The Labute approximate surface area is 220 Å². The van der Waals surface area contributed by atoms with Crippen LogP contribution in [0.15, 0.2) is 48.0 Å². The summed E-state index contributed by atoms with van der Waals surface area (Å²) in [4.78, 5) is 38.7. The standard InChI is InChI=1S/C24H16Cl3N3O4S/c1-11-7-13(12(2)29(11)14-3-5-18(25)16(9-14)23(33)34)8-17-21(31)28-24(35)30(22(17)32)15-4-6-19(26)20(27)10-15/h3-10H,1-2H3,(H,33,34)(H,28,31,35)/b17-8+. The molecule has 2 heterocycles. The van der Waals surface area contributed by atoms with Gasteiger partial charge in [0.25, 0.3) is 11.8 Å². The van der Waals surface area contributed by atoms with Gasteiger partial charge in [0.2, 0.25) is 0 Å². The number of aromatic carboxylic acids is 1. The lowest BCUT2D eigenvalue weighted by Crippen LogP contribution is -2.54. The number of carbonyl (C=O) groups excluding carboxylic acids is 2. The normalized spacial score (nSPS) is 15.1. The monoisotopic (exact) mass is 547 g/mol. The van der Waals surface area contributed by atoms with Crippen molar-refractivity contribution in [3.8, 4) is 5.69 Å². The highest BCUT2D eigenvalue weighted by Gasteiger charge is 2.35. The number of hydrogen-bond donors (Lipinski definition) is 2. The van der Waals surface area contributed by atoms with E-state index in [-0.39, 0.29) is 26.3 Å². The summed E-state index contributed by atoms with van der Waals surface area (Å²) in [5.41, 5.74) is 2.79. The van der Waals surface area contributed by atoms with Crippen molar-refractivity contribution in [3.63, 3.8) is 0 Å². The highest BCUT2D eigenvalue weighted by molar-refractivity contribution is 7.80. The highest BCUT2D eigenvalue weighted by atomic mass is 35.5. The van der Waals surface area contributed by atoms with Crippen LogP contribution in [0.3, 0.4) is 0 Å². The lowest BCUT2D eigenvalue weighted by Gasteiger charge is -2.29. The molecule has 0 unspecified atom stereocenters. The second-order valence-corrected chi connectivity index (χ2v) is 9.30. The van der Waals surface area contributed by atoms with Gasteiger partial charge in [0.05, 0.1) is 26.3 Å². The largest absolute Gasteiger partial charge is 0.478 e. The van der Waals surface area contributed by atoms with Crippen molar-refractivity contribution in [1.82, 2.24) is 9.88 Å². The molecule has 2 amide bonds. The van der Waals surface area contributed by atoms with E-state index in [1.54, 1.807) is 25.1 Å². The number of aromatic nitrogens is 1. The van der Waals surface area contributed by atoms with Gasteiger partial charge in [-0.05, 0) is 80.2 Å². The summed E-state index contributed by atoms with van der Waals surface area (Å²) < 4.78 is 1.81. The number of halogens is 3. The molecule has 1 aromatic heterocycles. The minimum Gasteiger partial charge on any atom is -0.478 e. The number of thiocarbonyl (C=S) groups is 1. The molecule has 2 aromatic carbocycles. The Morgan fingerprint density at radius 3 is 2.29 bits per heavy atom. The zero-order chi connectivity index (χ0) is 25.6. The summed E-state index contributed by atoms with van der Waals surface area (Å²) in [6.07, 6.45) is 1.47. The molecule has 0 bridgehead atoms. The predicted octanol–water partition coefficient (Wildman–Crippen LogP) is 5.58. The number of aryl methyl sites for hydroxylation is 1. The van der Waals surface area contributed by atoms with Crippen LogP contribution in [0.1, 0.15) is 27.3 Å². The minimum atomic E-state index is -1.15. The minimum absolute atomic E-state index is 0.0378. The van der Waals surface area contributed by atoms with Crippen LogP contribution in [-0.4, -0.2) is 32.6 Å². The topological polar surface area (TPSA) is 91.6 Å². The Bertz CT molecular complexity index is 1480. The molecule has 11 heteroatoms. The summed E-state index contributed by atoms with van der Waals surface area (Å²) in [6.45, 7) is 3.62. The van der Waals surface area contributed by atoms with Crippen molar-refractivity contribution in [3.05, 3.63) is 85.6 Å². The number of carbonyl (C=O) groups is 3. The van der Waals surface area contributed by atoms with Gasteiger partial charge in [-0.25, -0.2) is 4.79 Å². The molecule has 178 valence electrons. The molecule has 0 spiro atoms. The summed E-state index contributed by atoms with van der Waals surface area (Å²) in [7, 11) is 0. The molecule has 0 atom stereocenters. The fourth-order valence-corrected chi connectivity index (χ4v) is 4.59. The van der Waals surface area contributed by atoms with Crippen LogP contribution in [0, 0.1) is 13.8 Å². The van der Waals surface area contributed by atoms with Gasteiger partial charge in [-0.15, -0.1) is 0 Å². The van der Waals surface area contributed by atoms with Crippen LogP contribution >= 0.6 is 47.0 Å². The lowest BCUT2D eigenvalue weighted by molar-refractivity contribution is -0.122. The number of anilines is 1. The van der Waals surface area contributed by atoms with Crippen molar-refractivity contribution in [2.24, 2.45) is 0 Å². The van der Waals surface area contributed by atoms with E-state index in [4.69, 9.17) is 47.0 Å². The van der Waals surface area contributed by atoms with Crippen LogP contribution in [-0.2, 0) is 9.59 Å². The smallest absolute Gasteiger partial charge is 0.337 e. The van der Waals surface area contributed by atoms with Gasteiger partial charge in [-0.2, -0.15) is 0 Å². The molecular formula is C24H16Cl3N3O4S. The second-order valence-electron chi connectivity index (χ2n) is 7.69. The first-order valence-corrected chi connectivity index (χ1v) is 11.6. The molecular weight excluding hydrogens is 533 g/mol. The zero-order valence-electron chi connectivity index (χ0n) is 18.2. The third-order valence-corrected chi connectivity index (χ3v) is 6.82. The number of hydrogen-bond acceptors (Lipinski definition) is 4. The molecule has 1 saturated heterocycles. The van der Waals surface area contributed by atoms with E-state index < -0.39 is 17.8 Å². The van der Waals surface area contributed by atoms with Crippen LogP contribution in [0.2, 0.25) is 15.1 Å². The summed E-state index contributed by atoms with van der Waals surface area (Å²) in [5.74, 6) is -2.41. The van der Waals surface area contributed by atoms with Crippen LogP contribution in [0.4, 0.5) is 5.69 Å². The number of benzene rings is 2. The maximum atomic E-state index is 13.3. The van der Waals surface area contributed by atoms with Gasteiger partial charge < -0.3 is 9.67 Å². The third-order valence-electron chi connectivity index (χ3n) is 5.47. The zero-order valence-corrected chi connectivity index (χ0v) is 21.3. The fourth-order valence-electron chi connectivity index (χ4n) is 3.82. The van der Waals surface area contributed by atoms with Crippen molar-refractivity contribution in [2.45, 2.75) is 13.8 Å². The fraction of sp³-hybridized carbons (Fsp3) is 0.0833. The van der Waals surface area contributed by atoms with E-state index in [2.05, 4.69) is 5.32 Å². The number of amides is 2. The molecule has 1 fully saturated rings. The summed E-state index contributed by atoms with van der Waals surface area (Å²) in [5, 5.41) is 12.5. The van der Waals surface area contributed by atoms with Gasteiger partial charge in [0.1, 0.15) is 5.57 Å². The lowest BCUT2D eigenvalue weighted by atomic mass is 10.1. The highest BCUT2D eigenvalue weighted by Crippen LogP contribution is 2.31. The van der Waals surface area contributed by atoms with E-state index in [1.165, 1.54) is 35.2 Å². The van der Waals surface area contributed by atoms with E-state index in [1.807, 2.05) is 11.5 Å². The SMILES string of the molecule is Cc1cc(/C=C2\C(=O)NC(=S)N(c3ccc(Cl)c(Cl)c3)C2=O)c(C)n1-c1ccc(Cl)c(C(=O)O)c1. The number of carboxylic acid groups (broad SMARTS) is 1. The Morgan fingerprint density at radius 1 is 0.971 bits per heavy atom. The Hall–Kier alpha value is -3.17. The van der Waals surface area contributed by atoms with Gasteiger partial charge in [-0.3, -0.25) is 19.8 Å². The van der Waals surface area contributed by atoms with E-state index >= 15 is 0 Å². The Balaban J connectivity index is 1.78. The summed E-state index contributed by atoms with van der Waals surface area (Å²) >= 11 is 23.3. The second kappa shape index (κ2) is 9.47. The third kappa shape index (κ3) is 4.58. The summed E-state index contributed by atoms with van der Waals surface area (Å²) in [6, 6.07) is 11.0. The number of nitrogens with zero attached hydrogens (tertiary/aromatic N) is 2. The van der Waals surface area contributed by atoms with Gasteiger partial charge >= 0.3 is 5.97 Å². The number of carboxylic acids is 1. The van der Waals surface area contributed by atoms with Gasteiger partial charge in [0, 0.05) is 17.1 Å². The van der Waals surface area contributed by atoms with Crippen LogP contribution < -0.4 is 10.2 Å². The molecule has 1 aliphatic rings. The average molecular weight is 549 g/mol. The van der Waals surface area contributed by atoms with Crippen molar-refractivity contribution in [1.29, 1.82) is 0 Å². The molecule has 35 heavy (non-hydrogen) atoms. The molecule has 1 aliphatic heterocycles. The Morgan fingerprint density at radius 2 is 1.63 bits per heavy atom. The average Bonchev–Trinajstić information content (AvgIpc) is 3.06. The maximum absolute atomic E-state index is 13.3. The van der Waals surface area contributed by atoms with Crippen LogP contribution in [0.5, 0.6) is 0 Å². The molecule has 4 rings (SSSR count). The van der Waals surface area contributed by atoms with Gasteiger partial charge in [-0.1, -0.05) is 34.8 Å². The molecule has 2 N–H and O–H groups in total. The molecule has 3 aromatic rings. The quantitative estimate of drug-likeness (QED) is 0.252. The van der Waals surface area contributed by atoms with Gasteiger partial charge in [0.15, 0.2) is 5.11 Å². The first-order valence-electron chi connectivity index (χ1n) is 10.1. The molecule has 0 saturated carbocycles. The maximum Gasteiger partial charge on any atom is 0.337 e. The number of rotatable bonds is 4. The van der Waals surface area contributed by atoms with Crippen molar-refractivity contribution >= 4 is 81.7 Å². The van der Waals surface area contributed by atoms with Crippen molar-refractivity contribution < 1.29 is 19.5 Å². The van der Waals surface area contributed by atoms with E-state index in [0.29, 0.717) is 27.7 Å². The van der Waals surface area contributed by atoms with E-state index in [0.717, 1.165) is 5.69 Å². The van der Waals surface area contributed by atoms with Crippen molar-refractivity contribution in [2.75, 3.05) is 4.90 Å². The first-order chi connectivity index (χ1) is 16.5. The molecule has 7 nitrogen and oxygen atoms in total. The van der Waals surface area contributed by atoms with Crippen LogP contribution in [0.25, 0.3) is 11.8 Å². The Kier molecular flexibility index (Phi) is 6.75. The first kappa shape index (κ1) is 24.9. The van der Waals surface area contributed by atoms with E-state index in [9.17, 15) is 19.5 Å². The number of nitrogens with one attached hydrogen (secondary N) is 1. The predicted molar refractivity (Wildman–Crippen MR) is 140 cm³/mol. The molecule has 0 aliphatic carbocycles. The molecule has 0 radical (unpaired) electrons.